The third kappa shape index (κ3) is 4.29. The summed E-state index contributed by atoms with van der Waals surface area (Å²) in [6.07, 6.45) is 2.44. The van der Waals surface area contributed by atoms with E-state index in [9.17, 15) is 9.90 Å². The second kappa shape index (κ2) is 8.71. The number of benzene rings is 2. The van der Waals surface area contributed by atoms with Crippen molar-refractivity contribution >= 4 is 5.91 Å². The Bertz CT molecular complexity index is 1120. The molecule has 4 aromatic rings. The van der Waals surface area contributed by atoms with Crippen molar-refractivity contribution in [1.82, 2.24) is 20.1 Å². The number of hydrogen-bond acceptors (Lipinski definition) is 4. The summed E-state index contributed by atoms with van der Waals surface area (Å²) in [6.45, 7) is 2.08. The van der Waals surface area contributed by atoms with Crippen LogP contribution in [0.15, 0.2) is 85.2 Å². The lowest BCUT2D eigenvalue weighted by Crippen LogP contribution is -2.28. The van der Waals surface area contributed by atoms with Gasteiger partial charge in [-0.25, -0.2) is 4.68 Å². The highest BCUT2D eigenvalue weighted by Gasteiger charge is 2.20. The Labute approximate surface area is 174 Å². The van der Waals surface area contributed by atoms with Crippen molar-refractivity contribution in [3.8, 4) is 16.9 Å². The van der Waals surface area contributed by atoms with Crippen LogP contribution < -0.4 is 5.32 Å². The molecular formula is C24H22N4O2. The number of pyridine rings is 1. The zero-order valence-electron chi connectivity index (χ0n) is 16.6. The molecule has 0 saturated heterocycles. The van der Waals surface area contributed by atoms with E-state index in [4.69, 9.17) is 0 Å². The van der Waals surface area contributed by atoms with Crippen LogP contribution in [0.5, 0.6) is 0 Å². The molecule has 1 amide bonds. The summed E-state index contributed by atoms with van der Waals surface area (Å²) in [5.74, 6) is -0.304. The van der Waals surface area contributed by atoms with Gasteiger partial charge in [-0.15, -0.1) is 0 Å². The minimum Gasteiger partial charge on any atom is -0.385 e. The van der Waals surface area contributed by atoms with Gasteiger partial charge in [0.05, 0.1) is 16.9 Å². The van der Waals surface area contributed by atoms with Crippen LogP contribution in [0.25, 0.3) is 16.9 Å². The van der Waals surface area contributed by atoms with E-state index in [1.54, 1.807) is 35.3 Å². The Kier molecular flexibility index (Phi) is 5.68. The summed E-state index contributed by atoms with van der Waals surface area (Å²) in [4.78, 5) is 17.1. The number of carbonyl (C=O) groups is 1. The fourth-order valence-electron chi connectivity index (χ4n) is 3.14. The first-order chi connectivity index (χ1) is 14.6. The van der Waals surface area contributed by atoms with Crippen LogP contribution in [0.3, 0.4) is 0 Å². The van der Waals surface area contributed by atoms with Crippen LogP contribution in [-0.4, -0.2) is 32.3 Å². The molecule has 0 unspecified atom stereocenters. The van der Waals surface area contributed by atoms with E-state index in [0.29, 0.717) is 17.0 Å². The molecule has 0 aliphatic heterocycles. The van der Waals surface area contributed by atoms with E-state index in [0.717, 1.165) is 16.8 Å². The normalized spacial score (nSPS) is 11.8. The number of rotatable bonds is 6. The van der Waals surface area contributed by atoms with Crippen LogP contribution in [0.2, 0.25) is 0 Å². The molecule has 2 aromatic heterocycles. The van der Waals surface area contributed by atoms with Crippen LogP contribution >= 0.6 is 0 Å². The molecule has 30 heavy (non-hydrogen) atoms. The second-order valence-electron chi connectivity index (χ2n) is 7.02. The van der Waals surface area contributed by atoms with E-state index < -0.39 is 6.10 Å². The minimum atomic E-state index is -0.887. The van der Waals surface area contributed by atoms with Crippen molar-refractivity contribution < 1.29 is 9.90 Å². The van der Waals surface area contributed by atoms with Crippen molar-refractivity contribution in [2.24, 2.45) is 0 Å². The van der Waals surface area contributed by atoms with Crippen molar-refractivity contribution in [2.45, 2.75) is 13.0 Å². The van der Waals surface area contributed by atoms with Gasteiger partial charge in [0.1, 0.15) is 11.8 Å². The van der Waals surface area contributed by atoms with Crippen LogP contribution in [0.4, 0.5) is 0 Å². The van der Waals surface area contributed by atoms with E-state index in [1.165, 1.54) is 0 Å². The van der Waals surface area contributed by atoms with E-state index in [1.807, 2.05) is 61.5 Å². The van der Waals surface area contributed by atoms with Crippen LogP contribution in [0.1, 0.15) is 27.7 Å². The Morgan fingerprint density at radius 1 is 1.03 bits per heavy atom. The molecule has 0 fully saturated rings. The fraction of sp³-hybridized carbons (Fsp3) is 0.125. The third-order valence-electron chi connectivity index (χ3n) is 4.79. The predicted molar refractivity (Wildman–Crippen MR) is 115 cm³/mol. The SMILES string of the molecule is Cc1ccc(-n2cc(C(=O)NC[C@H](O)c3ccccn3)c(-c3ccccc3)n2)cc1. The van der Waals surface area contributed by atoms with Crippen molar-refractivity contribution in [1.29, 1.82) is 0 Å². The molecule has 6 nitrogen and oxygen atoms in total. The zero-order chi connectivity index (χ0) is 20.9. The van der Waals surface area contributed by atoms with Crippen LogP contribution in [0, 0.1) is 6.92 Å². The summed E-state index contributed by atoms with van der Waals surface area (Å²) in [6, 6.07) is 22.8. The van der Waals surface area contributed by atoms with Crippen molar-refractivity contribution in [2.75, 3.05) is 6.54 Å². The number of nitrogens with one attached hydrogen (secondary N) is 1. The number of carbonyl (C=O) groups excluding carboxylic acids is 1. The quantitative estimate of drug-likeness (QED) is 0.519. The Morgan fingerprint density at radius 2 is 1.77 bits per heavy atom. The Morgan fingerprint density at radius 3 is 2.47 bits per heavy atom. The summed E-state index contributed by atoms with van der Waals surface area (Å²) in [7, 11) is 0. The average molecular weight is 398 g/mol. The van der Waals surface area contributed by atoms with Gasteiger partial charge < -0.3 is 10.4 Å². The number of amides is 1. The molecule has 0 aliphatic rings. The topological polar surface area (TPSA) is 80.0 Å². The van der Waals surface area contributed by atoms with Crippen molar-refractivity contribution in [3.05, 3.63) is 102 Å². The summed E-state index contributed by atoms with van der Waals surface area (Å²) < 4.78 is 1.70. The van der Waals surface area contributed by atoms with Gasteiger partial charge in [0, 0.05) is 24.5 Å². The van der Waals surface area contributed by atoms with Crippen LogP contribution in [-0.2, 0) is 0 Å². The number of hydrogen-bond donors (Lipinski definition) is 2. The minimum absolute atomic E-state index is 0.0553. The molecule has 0 saturated carbocycles. The molecule has 6 heteroatoms. The molecule has 4 rings (SSSR count). The van der Waals surface area contributed by atoms with Gasteiger partial charge in [-0.05, 0) is 31.2 Å². The molecule has 150 valence electrons. The first-order valence-corrected chi connectivity index (χ1v) is 9.71. The van der Waals surface area contributed by atoms with Gasteiger partial charge in [-0.3, -0.25) is 9.78 Å². The molecule has 0 aliphatic carbocycles. The molecule has 0 spiro atoms. The zero-order valence-corrected chi connectivity index (χ0v) is 16.6. The fourth-order valence-corrected chi connectivity index (χ4v) is 3.14. The third-order valence-corrected chi connectivity index (χ3v) is 4.79. The largest absolute Gasteiger partial charge is 0.385 e. The molecule has 2 aromatic carbocycles. The van der Waals surface area contributed by atoms with Crippen molar-refractivity contribution in [3.63, 3.8) is 0 Å². The maximum absolute atomic E-state index is 13.0. The molecule has 1 atom stereocenters. The Balaban J connectivity index is 1.62. The van der Waals surface area contributed by atoms with Gasteiger partial charge in [0.15, 0.2) is 0 Å². The van der Waals surface area contributed by atoms with Gasteiger partial charge in [-0.1, -0.05) is 54.1 Å². The second-order valence-corrected chi connectivity index (χ2v) is 7.02. The molecular weight excluding hydrogens is 376 g/mol. The Hall–Kier alpha value is -3.77. The summed E-state index contributed by atoms with van der Waals surface area (Å²) in [5, 5.41) is 17.8. The highest BCUT2D eigenvalue weighted by Crippen LogP contribution is 2.24. The van der Waals surface area contributed by atoms with E-state index in [2.05, 4.69) is 15.4 Å². The number of nitrogens with zero attached hydrogens (tertiary/aromatic N) is 3. The standard InChI is InChI=1S/C24H22N4O2/c1-17-10-12-19(13-11-17)28-16-20(23(27-28)18-7-3-2-4-8-18)24(30)26-15-22(29)21-9-5-6-14-25-21/h2-14,16,22,29H,15H2,1H3,(H,26,30)/t22-/m0/s1. The van der Waals surface area contributed by atoms with Gasteiger partial charge >= 0.3 is 0 Å². The molecule has 0 radical (unpaired) electrons. The summed E-state index contributed by atoms with van der Waals surface area (Å²) in [5.41, 5.74) is 4.40. The highest BCUT2D eigenvalue weighted by atomic mass is 16.3. The maximum Gasteiger partial charge on any atom is 0.255 e. The lowest BCUT2D eigenvalue weighted by Gasteiger charge is -2.11. The average Bonchev–Trinajstić information content (AvgIpc) is 3.24. The number of aromatic nitrogens is 3. The maximum atomic E-state index is 13.0. The predicted octanol–water partition coefficient (Wildman–Crippen LogP) is 3.71. The molecule has 2 N–H and O–H groups in total. The first-order valence-electron chi connectivity index (χ1n) is 9.71. The number of aliphatic hydroxyl groups is 1. The monoisotopic (exact) mass is 398 g/mol. The van der Waals surface area contributed by atoms with Gasteiger partial charge in [0.2, 0.25) is 0 Å². The molecule has 0 bridgehead atoms. The number of aliphatic hydroxyl groups excluding tert-OH is 1. The van der Waals surface area contributed by atoms with Gasteiger partial charge in [-0.2, -0.15) is 5.10 Å². The lowest BCUT2D eigenvalue weighted by atomic mass is 10.1. The van der Waals surface area contributed by atoms with Gasteiger partial charge in [0.25, 0.3) is 5.91 Å². The number of aryl methyl sites for hydroxylation is 1. The smallest absolute Gasteiger partial charge is 0.255 e. The highest BCUT2D eigenvalue weighted by molar-refractivity contribution is 5.99. The van der Waals surface area contributed by atoms with E-state index in [-0.39, 0.29) is 12.5 Å². The molecule has 2 heterocycles. The summed E-state index contributed by atoms with van der Waals surface area (Å²) >= 11 is 0. The lowest BCUT2D eigenvalue weighted by molar-refractivity contribution is 0.0914. The first kappa shape index (κ1) is 19.5. The van der Waals surface area contributed by atoms with E-state index >= 15 is 0 Å².